The molecule has 0 bridgehead atoms. The van der Waals surface area contributed by atoms with Crippen molar-refractivity contribution in [3.05, 3.63) is 12.2 Å². The summed E-state index contributed by atoms with van der Waals surface area (Å²) in [5, 5.41) is 10.6. The molecule has 1 unspecified atom stereocenters. The van der Waals surface area contributed by atoms with Gasteiger partial charge in [0.2, 0.25) is 0 Å². The number of hydrogen-bond donors (Lipinski definition) is 1. The van der Waals surface area contributed by atoms with Gasteiger partial charge in [0.25, 0.3) is 0 Å². The van der Waals surface area contributed by atoms with Crippen LogP contribution in [0, 0.1) is 23.7 Å². The summed E-state index contributed by atoms with van der Waals surface area (Å²) >= 11 is 0. The number of carbonyl (C=O) groups is 2. The highest BCUT2D eigenvalue weighted by molar-refractivity contribution is 5.69. The maximum Gasteiger partial charge on any atom is 0.305 e. The fourth-order valence-electron chi connectivity index (χ4n) is 4.53. The highest BCUT2D eigenvalue weighted by Crippen LogP contribution is 2.46. The lowest BCUT2D eigenvalue weighted by molar-refractivity contribution is -0.148. The molecular formula is C24H36O6. The molecule has 30 heavy (non-hydrogen) atoms. The molecular weight excluding hydrogens is 384 g/mol. The van der Waals surface area contributed by atoms with Gasteiger partial charge in [-0.3, -0.25) is 9.59 Å². The van der Waals surface area contributed by atoms with Crippen molar-refractivity contribution in [1.82, 2.24) is 0 Å². The first kappa shape index (κ1) is 24.4. The average molecular weight is 421 g/mol. The fourth-order valence-corrected chi connectivity index (χ4v) is 4.53. The predicted molar refractivity (Wildman–Crippen MR) is 113 cm³/mol. The molecule has 0 spiro atoms. The van der Waals surface area contributed by atoms with Crippen LogP contribution in [0.25, 0.3) is 0 Å². The Labute approximate surface area is 180 Å². The zero-order valence-electron chi connectivity index (χ0n) is 18.7. The Morgan fingerprint density at radius 3 is 2.73 bits per heavy atom. The number of esters is 2. The first-order valence-electron chi connectivity index (χ1n) is 11.0. The van der Waals surface area contributed by atoms with E-state index in [-0.39, 0.29) is 42.1 Å². The Morgan fingerprint density at radius 2 is 2.07 bits per heavy atom. The highest BCUT2D eigenvalue weighted by Gasteiger charge is 2.49. The van der Waals surface area contributed by atoms with E-state index < -0.39 is 5.60 Å². The Bertz CT molecular complexity index is 671. The number of aliphatic hydroxyl groups is 1. The summed E-state index contributed by atoms with van der Waals surface area (Å²) in [7, 11) is 1.41. The topological polar surface area (TPSA) is 82.1 Å². The van der Waals surface area contributed by atoms with Crippen LogP contribution in [0.5, 0.6) is 0 Å². The number of hydrogen-bond acceptors (Lipinski definition) is 6. The molecule has 0 aromatic carbocycles. The molecule has 1 aliphatic carbocycles. The van der Waals surface area contributed by atoms with Crippen molar-refractivity contribution in [2.75, 3.05) is 7.11 Å². The molecule has 0 amide bonds. The molecule has 1 aliphatic heterocycles. The third-order valence-electron chi connectivity index (χ3n) is 6.08. The molecule has 6 atom stereocenters. The minimum atomic E-state index is -0.949. The van der Waals surface area contributed by atoms with Crippen molar-refractivity contribution in [2.24, 2.45) is 11.8 Å². The second-order valence-electron chi connectivity index (χ2n) is 8.62. The zero-order valence-corrected chi connectivity index (χ0v) is 18.7. The second kappa shape index (κ2) is 11.5. The number of ether oxygens (including phenoxy) is 3. The van der Waals surface area contributed by atoms with Crippen LogP contribution in [0.4, 0.5) is 0 Å². The van der Waals surface area contributed by atoms with Gasteiger partial charge in [-0.05, 0) is 45.4 Å². The van der Waals surface area contributed by atoms with Gasteiger partial charge in [0.05, 0.1) is 24.9 Å². The zero-order chi connectivity index (χ0) is 22.1. The van der Waals surface area contributed by atoms with Gasteiger partial charge in [0.1, 0.15) is 6.10 Å². The van der Waals surface area contributed by atoms with Gasteiger partial charge in [-0.15, -0.1) is 11.8 Å². The van der Waals surface area contributed by atoms with Gasteiger partial charge in [0, 0.05) is 32.1 Å². The average Bonchev–Trinajstić information content (AvgIpc) is 3.20. The van der Waals surface area contributed by atoms with E-state index in [9.17, 15) is 14.7 Å². The summed E-state index contributed by atoms with van der Waals surface area (Å²) in [4.78, 5) is 22.8. The van der Waals surface area contributed by atoms with Crippen molar-refractivity contribution in [3.63, 3.8) is 0 Å². The number of methoxy groups -OCH3 is 1. The van der Waals surface area contributed by atoms with E-state index in [2.05, 4.69) is 16.6 Å². The van der Waals surface area contributed by atoms with Gasteiger partial charge in [-0.25, -0.2) is 0 Å². The van der Waals surface area contributed by atoms with Crippen LogP contribution in [0.15, 0.2) is 12.2 Å². The normalized spacial score (nSPS) is 29.7. The largest absolute Gasteiger partial charge is 0.469 e. The minimum Gasteiger partial charge on any atom is -0.469 e. The summed E-state index contributed by atoms with van der Waals surface area (Å²) in [6, 6.07) is 0. The third-order valence-corrected chi connectivity index (χ3v) is 6.08. The van der Waals surface area contributed by atoms with Gasteiger partial charge >= 0.3 is 11.9 Å². The standard InChI is InChI=1S/C24H36O6/c1-5-6-9-13-24(3,27)14-12-19-20-15-18(10-7-8-11-23(26)28-4)30-22(20)16-21(19)29-17(2)25/h12,14,18-22,27H,7-11,13,15-16H2,1-4H3/b14-12+/t18-,19+,20+,21+,22-,24?/m0/s1. The molecule has 1 saturated carbocycles. The first-order chi connectivity index (χ1) is 14.3. The Morgan fingerprint density at radius 1 is 1.30 bits per heavy atom. The lowest BCUT2D eigenvalue weighted by Crippen LogP contribution is -2.26. The summed E-state index contributed by atoms with van der Waals surface area (Å²) in [5.74, 6) is 5.66. The van der Waals surface area contributed by atoms with E-state index in [1.165, 1.54) is 14.0 Å². The fraction of sp³-hybridized carbons (Fsp3) is 0.750. The maximum absolute atomic E-state index is 11.6. The predicted octanol–water partition coefficient (Wildman–Crippen LogP) is 3.56. The molecule has 6 heteroatoms. The lowest BCUT2D eigenvalue weighted by Gasteiger charge is -2.23. The van der Waals surface area contributed by atoms with E-state index in [1.807, 2.05) is 12.2 Å². The van der Waals surface area contributed by atoms with Crippen LogP contribution in [-0.4, -0.2) is 48.1 Å². The number of carbonyl (C=O) groups excluding carboxylic acids is 2. The molecule has 0 aromatic rings. The Hall–Kier alpha value is -1.84. The van der Waals surface area contributed by atoms with Crippen molar-refractivity contribution < 1.29 is 28.9 Å². The monoisotopic (exact) mass is 420 g/mol. The second-order valence-corrected chi connectivity index (χ2v) is 8.62. The highest BCUT2D eigenvalue weighted by atomic mass is 16.6. The van der Waals surface area contributed by atoms with Gasteiger partial charge in [0.15, 0.2) is 0 Å². The van der Waals surface area contributed by atoms with Crippen molar-refractivity contribution in [2.45, 2.75) is 96.1 Å². The van der Waals surface area contributed by atoms with Crippen LogP contribution in [0.3, 0.4) is 0 Å². The van der Waals surface area contributed by atoms with E-state index >= 15 is 0 Å². The molecule has 0 aromatic heterocycles. The number of unbranched alkanes of at least 4 members (excludes halogenated alkanes) is 1. The van der Waals surface area contributed by atoms with Gasteiger partial charge in [-0.1, -0.05) is 18.6 Å². The molecule has 6 nitrogen and oxygen atoms in total. The van der Waals surface area contributed by atoms with Crippen molar-refractivity contribution >= 4 is 11.9 Å². The van der Waals surface area contributed by atoms with Gasteiger partial charge < -0.3 is 19.3 Å². The summed E-state index contributed by atoms with van der Waals surface area (Å²) in [5.41, 5.74) is -0.949. The third kappa shape index (κ3) is 7.45. The Kier molecular flexibility index (Phi) is 9.38. The maximum atomic E-state index is 11.6. The van der Waals surface area contributed by atoms with Crippen molar-refractivity contribution in [1.29, 1.82) is 0 Å². The minimum absolute atomic E-state index is 0.0303. The summed E-state index contributed by atoms with van der Waals surface area (Å²) < 4.78 is 16.5. The van der Waals surface area contributed by atoms with E-state index in [1.54, 1.807) is 13.8 Å². The van der Waals surface area contributed by atoms with Crippen LogP contribution in [0.2, 0.25) is 0 Å². The Balaban J connectivity index is 1.95. The molecule has 0 radical (unpaired) electrons. The van der Waals surface area contributed by atoms with E-state index in [4.69, 9.17) is 9.47 Å². The lowest BCUT2D eigenvalue weighted by atomic mass is 9.87. The molecule has 2 rings (SSSR count). The number of rotatable bonds is 10. The summed E-state index contributed by atoms with van der Waals surface area (Å²) in [6.07, 6.45) is 9.68. The molecule has 2 aliphatic rings. The van der Waals surface area contributed by atoms with Crippen LogP contribution < -0.4 is 0 Å². The SMILES string of the molecule is CC#CCCC(C)(O)/C=C/[C@@H]1[C@H]2C[C@H](CCCCC(=O)OC)O[C@H]2C[C@H]1OC(C)=O. The first-order valence-corrected chi connectivity index (χ1v) is 11.0. The van der Waals surface area contributed by atoms with Crippen molar-refractivity contribution in [3.8, 4) is 11.8 Å². The summed E-state index contributed by atoms with van der Waals surface area (Å²) in [6.45, 7) is 5.00. The molecule has 1 heterocycles. The van der Waals surface area contributed by atoms with E-state index in [0.717, 1.165) is 25.7 Å². The smallest absolute Gasteiger partial charge is 0.305 e. The van der Waals surface area contributed by atoms with Crippen LogP contribution >= 0.6 is 0 Å². The number of fused-ring (bicyclic) bond motifs is 1. The van der Waals surface area contributed by atoms with E-state index in [0.29, 0.717) is 25.7 Å². The van der Waals surface area contributed by atoms with Crippen LogP contribution in [0.1, 0.15) is 72.1 Å². The molecule has 168 valence electrons. The molecule has 2 fully saturated rings. The molecule has 1 N–H and O–H groups in total. The van der Waals surface area contributed by atoms with Gasteiger partial charge in [-0.2, -0.15) is 0 Å². The van der Waals surface area contributed by atoms with Crippen LogP contribution in [-0.2, 0) is 23.8 Å². The quantitative estimate of drug-likeness (QED) is 0.252. The molecule has 1 saturated heterocycles.